The van der Waals surface area contributed by atoms with Crippen LogP contribution in [0.15, 0.2) is 30.3 Å². The van der Waals surface area contributed by atoms with E-state index in [4.69, 9.17) is 5.73 Å². The smallest absolute Gasteiger partial charge is 0.0529 e. The van der Waals surface area contributed by atoms with Crippen molar-refractivity contribution >= 4 is 0 Å². The van der Waals surface area contributed by atoms with Gasteiger partial charge in [-0.05, 0) is 32.3 Å². The summed E-state index contributed by atoms with van der Waals surface area (Å²) in [5, 5.41) is 9.29. The minimum atomic E-state index is -0.339. The van der Waals surface area contributed by atoms with E-state index in [1.807, 2.05) is 25.1 Å². The van der Waals surface area contributed by atoms with E-state index >= 15 is 0 Å². The molecule has 3 N–H and O–H groups in total. The molecule has 2 unspecified atom stereocenters. The summed E-state index contributed by atoms with van der Waals surface area (Å²) < 4.78 is 0. The summed E-state index contributed by atoms with van der Waals surface area (Å²) in [5.74, 6) is 0. The van der Waals surface area contributed by atoms with Gasteiger partial charge in [0.25, 0.3) is 0 Å². The lowest BCUT2D eigenvalue weighted by atomic mass is 9.89. The molecule has 14 heavy (non-hydrogen) atoms. The molecule has 0 aliphatic rings. The van der Waals surface area contributed by atoms with Crippen LogP contribution in [0.3, 0.4) is 0 Å². The van der Waals surface area contributed by atoms with E-state index in [9.17, 15) is 5.11 Å². The highest BCUT2D eigenvalue weighted by molar-refractivity contribution is 5.17. The normalized spacial score (nSPS) is 17.4. The van der Waals surface area contributed by atoms with Crippen LogP contribution >= 0.6 is 0 Å². The average Bonchev–Trinajstić information content (AvgIpc) is 2.02. The quantitative estimate of drug-likeness (QED) is 0.764. The van der Waals surface area contributed by atoms with Crippen LogP contribution in [-0.2, 0) is 6.42 Å². The van der Waals surface area contributed by atoms with E-state index in [0.29, 0.717) is 6.42 Å². The minimum Gasteiger partial charge on any atom is -0.393 e. The molecule has 0 fully saturated rings. The Morgan fingerprint density at radius 2 is 1.93 bits per heavy atom. The highest BCUT2D eigenvalue weighted by Crippen LogP contribution is 2.15. The molecule has 78 valence electrons. The van der Waals surface area contributed by atoms with Crippen LogP contribution in [0, 0.1) is 0 Å². The zero-order valence-electron chi connectivity index (χ0n) is 8.90. The molecule has 0 saturated heterocycles. The van der Waals surface area contributed by atoms with Gasteiger partial charge in [0, 0.05) is 5.54 Å². The summed E-state index contributed by atoms with van der Waals surface area (Å²) >= 11 is 0. The Kier molecular flexibility index (Phi) is 3.67. The van der Waals surface area contributed by atoms with Crippen molar-refractivity contribution in [2.75, 3.05) is 0 Å². The molecular weight excluding hydrogens is 174 g/mol. The van der Waals surface area contributed by atoms with E-state index in [2.05, 4.69) is 12.1 Å². The molecule has 0 amide bonds. The van der Waals surface area contributed by atoms with Crippen molar-refractivity contribution in [3.05, 3.63) is 35.9 Å². The molecular formula is C12H19NO. The Labute approximate surface area is 85.8 Å². The second-order valence-electron chi connectivity index (χ2n) is 4.37. The highest BCUT2D eigenvalue weighted by Gasteiger charge is 2.20. The van der Waals surface area contributed by atoms with E-state index in [1.54, 1.807) is 6.92 Å². The van der Waals surface area contributed by atoms with Gasteiger partial charge in [0.05, 0.1) is 6.10 Å². The first kappa shape index (κ1) is 11.2. The lowest BCUT2D eigenvalue weighted by molar-refractivity contribution is 0.153. The predicted octanol–water partition coefficient (Wildman–Crippen LogP) is 1.72. The fourth-order valence-corrected chi connectivity index (χ4v) is 1.81. The van der Waals surface area contributed by atoms with Crippen molar-refractivity contribution in [2.45, 2.75) is 38.3 Å². The van der Waals surface area contributed by atoms with Gasteiger partial charge in [-0.25, -0.2) is 0 Å². The summed E-state index contributed by atoms with van der Waals surface area (Å²) in [5.41, 5.74) is 6.99. The third-order valence-corrected chi connectivity index (χ3v) is 2.21. The van der Waals surface area contributed by atoms with Crippen molar-refractivity contribution in [1.82, 2.24) is 0 Å². The number of rotatable bonds is 4. The molecule has 2 nitrogen and oxygen atoms in total. The van der Waals surface area contributed by atoms with Gasteiger partial charge in [0.15, 0.2) is 0 Å². The number of aliphatic hydroxyl groups is 1. The van der Waals surface area contributed by atoms with Crippen LogP contribution in [0.4, 0.5) is 0 Å². The average molecular weight is 193 g/mol. The maximum absolute atomic E-state index is 9.29. The van der Waals surface area contributed by atoms with Crippen molar-refractivity contribution < 1.29 is 5.11 Å². The summed E-state index contributed by atoms with van der Waals surface area (Å²) in [4.78, 5) is 0. The second-order valence-corrected chi connectivity index (χ2v) is 4.37. The molecule has 0 heterocycles. The fraction of sp³-hybridized carbons (Fsp3) is 0.500. The first-order valence-corrected chi connectivity index (χ1v) is 5.00. The third kappa shape index (κ3) is 3.90. The van der Waals surface area contributed by atoms with Gasteiger partial charge in [0.2, 0.25) is 0 Å². The lowest BCUT2D eigenvalue weighted by Gasteiger charge is -2.26. The van der Waals surface area contributed by atoms with Crippen LogP contribution < -0.4 is 5.73 Å². The molecule has 0 aromatic heterocycles. The highest BCUT2D eigenvalue weighted by atomic mass is 16.3. The molecule has 1 aromatic rings. The molecule has 0 saturated carbocycles. The number of benzene rings is 1. The zero-order valence-corrected chi connectivity index (χ0v) is 8.90. The van der Waals surface area contributed by atoms with Gasteiger partial charge < -0.3 is 10.8 Å². The van der Waals surface area contributed by atoms with Gasteiger partial charge >= 0.3 is 0 Å². The third-order valence-electron chi connectivity index (χ3n) is 2.21. The van der Waals surface area contributed by atoms with Gasteiger partial charge in [-0.3, -0.25) is 0 Å². The summed E-state index contributed by atoms with van der Waals surface area (Å²) in [6, 6.07) is 10.1. The van der Waals surface area contributed by atoms with Crippen LogP contribution in [0.25, 0.3) is 0 Å². The molecule has 1 rings (SSSR count). The Balaban J connectivity index is 2.59. The maximum atomic E-state index is 9.29. The Morgan fingerprint density at radius 3 is 2.43 bits per heavy atom. The van der Waals surface area contributed by atoms with Crippen molar-refractivity contribution in [2.24, 2.45) is 5.73 Å². The monoisotopic (exact) mass is 193 g/mol. The maximum Gasteiger partial charge on any atom is 0.0529 e. The SMILES string of the molecule is CC(O)CC(C)(N)Cc1ccccc1. The van der Waals surface area contributed by atoms with Crippen LogP contribution in [-0.4, -0.2) is 16.7 Å². The first-order valence-electron chi connectivity index (χ1n) is 5.00. The molecule has 2 heteroatoms. The molecule has 0 radical (unpaired) electrons. The number of aliphatic hydroxyl groups excluding tert-OH is 1. The largest absolute Gasteiger partial charge is 0.393 e. The molecule has 2 atom stereocenters. The molecule has 0 bridgehead atoms. The first-order chi connectivity index (χ1) is 6.49. The van der Waals surface area contributed by atoms with Gasteiger partial charge in [-0.2, -0.15) is 0 Å². The topological polar surface area (TPSA) is 46.2 Å². The van der Waals surface area contributed by atoms with E-state index in [1.165, 1.54) is 5.56 Å². The fourth-order valence-electron chi connectivity index (χ4n) is 1.81. The Hall–Kier alpha value is -0.860. The van der Waals surface area contributed by atoms with Crippen molar-refractivity contribution in [1.29, 1.82) is 0 Å². The van der Waals surface area contributed by atoms with Gasteiger partial charge in [-0.1, -0.05) is 30.3 Å². The zero-order chi connectivity index (χ0) is 10.6. The van der Waals surface area contributed by atoms with Crippen LogP contribution in [0.5, 0.6) is 0 Å². The molecule has 1 aromatic carbocycles. The second kappa shape index (κ2) is 4.58. The predicted molar refractivity (Wildman–Crippen MR) is 59.0 cm³/mol. The summed E-state index contributed by atoms with van der Waals surface area (Å²) in [6.45, 7) is 3.75. The van der Waals surface area contributed by atoms with Gasteiger partial charge in [0.1, 0.15) is 0 Å². The van der Waals surface area contributed by atoms with Crippen LogP contribution in [0.1, 0.15) is 25.8 Å². The number of nitrogens with two attached hydrogens (primary N) is 1. The Morgan fingerprint density at radius 1 is 1.36 bits per heavy atom. The molecule has 0 spiro atoms. The van der Waals surface area contributed by atoms with E-state index in [-0.39, 0.29) is 11.6 Å². The summed E-state index contributed by atoms with van der Waals surface area (Å²) in [7, 11) is 0. The lowest BCUT2D eigenvalue weighted by Crippen LogP contribution is -2.41. The Bertz CT molecular complexity index is 267. The van der Waals surface area contributed by atoms with Crippen molar-refractivity contribution in [3.8, 4) is 0 Å². The van der Waals surface area contributed by atoms with E-state index < -0.39 is 0 Å². The minimum absolute atomic E-state index is 0.324. The van der Waals surface area contributed by atoms with Crippen molar-refractivity contribution in [3.63, 3.8) is 0 Å². The standard InChI is InChI=1S/C12H19NO/c1-10(14)8-12(2,13)9-11-6-4-3-5-7-11/h3-7,10,14H,8-9,13H2,1-2H3. The van der Waals surface area contributed by atoms with Gasteiger partial charge in [-0.15, -0.1) is 0 Å². The number of hydrogen-bond acceptors (Lipinski definition) is 2. The summed E-state index contributed by atoms with van der Waals surface area (Å²) in [6.07, 6.45) is 1.09. The van der Waals surface area contributed by atoms with Crippen LogP contribution in [0.2, 0.25) is 0 Å². The molecule has 0 aliphatic carbocycles. The van der Waals surface area contributed by atoms with E-state index in [0.717, 1.165) is 6.42 Å². The molecule has 0 aliphatic heterocycles. The number of hydrogen-bond donors (Lipinski definition) is 2.